The van der Waals surface area contributed by atoms with Crippen molar-refractivity contribution in [2.24, 2.45) is 17.8 Å². The first-order valence-corrected chi connectivity index (χ1v) is 16.1. The van der Waals surface area contributed by atoms with Crippen LogP contribution in [0.4, 0.5) is 5.69 Å². The van der Waals surface area contributed by atoms with Crippen LogP contribution in [0, 0.1) is 17.8 Å². The van der Waals surface area contributed by atoms with Crippen LogP contribution in [-0.2, 0) is 26.1 Å². The quantitative estimate of drug-likeness (QED) is 0.260. The highest BCUT2D eigenvalue weighted by Gasteiger charge is 2.45. The molecule has 4 aliphatic rings. The Balaban J connectivity index is 1.28. The maximum absolute atomic E-state index is 12.3. The number of methoxy groups -OCH3 is 1. The average Bonchev–Trinajstić information content (AvgIpc) is 3.15. The van der Waals surface area contributed by atoms with Crippen LogP contribution in [0.5, 0.6) is 5.75 Å². The molecule has 230 valence electrons. The third-order valence-corrected chi connectivity index (χ3v) is 10.5. The molecule has 1 fully saturated rings. The SMILES string of the molecule is CCOC(=O)[C@@H]1CC=C([C@H](OC)[C@@H]2CC[C@H]2CN2CC3(CCCc4cc(Cl)ccc43)COc3ccc(C(=O)O)cc32)CC1. The molecule has 1 N–H and O–H groups in total. The summed E-state index contributed by atoms with van der Waals surface area (Å²) in [6.07, 6.45) is 9.80. The molecule has 2 aromatic carbocycles. The number of carbonyl (C=O) groups is 2. The number of aromatic carboxylic acids is 1. The zero-order valence-corrected chi connectivity index (χ0v) is 25.9. The van der Waals surface area contributed by atoms with Gasteiger partial charge in [-0.05, 0) is 117 Å². The van der Waals surface area contributed by atoms with E-state index in [4.69, 9.17) is 25.8 Å². The van der Waals surface area contributed by atoms with Gasteiger partial charge in [-0.3, -0.25) is 4.79 Å². The Labute approximate surface area is 259 Å². The largest absolute Gasteiger partial charge is 0.490 e. The number of allylic oxidation sites excluding steroid dienone is 1. The van der Waals surface area contributed by atoms with Crippen LogP contribution in [0.25, 0.3) is 0 Å². The predicted molar refractivity (Wildman–Crippen MR) is 166 cm³/mol. The number of ether oxygens (including phenoxy) is 3. The van der Waals surface area contributed by atoms with Gasteiger partial charge in [-0.15, -0.1) is 0 Å². The van der Waals surface area contributed by atoms with Crippen molar-refractivity contribution in [2.45, 2.75) is 69.8 Å². The Morgan fingerprint density at radius 3 is 2.72 bits per heavy atom. The highest BCUT2D eigenvalue weighted by atomic mass is 35.5. The minimum absolute atomic E-state index is 0.0152. The fraction of sp³-hybridized carbons (Fsp3) is 0.543. The fourth-order valence-electron chi connectivity index (χ4n) is 7.94. The van der Waals surface area contributed by atoms with Crippen LogP contribution in [-0.4, -0.2) is 56.6 Å². The van der Waals surface area contributed by atoms with Crippen molar-refractivity contribution >= 4 is 29.2 Å². The van der Waals surface area contributed by atoms with E-state index in [2.05, 4.69) is 23.1 Å². The van der Waals surface area contributed by atoms with Gasteiger partial charge < -0.3 is 24.2 Å². The summed E-state index contributed by atoms with van der Waals surface area (Å²) < 4.78 is 17.9. The standard InChI is InChI=1S/C35H42ClNO6/c1-3-42-34(40)23-8-6-22(7-9-23)32(41-2)28-13-10-26(28)19-37-20-35(16-4-5-24-17-27(36)12-14-29(24)35)21-43-31-15-11-25(33(38)39)18-30(31)37/h6,11-12,14-15,17-18,23,26,28,32H,3-5,7-10,13,16,19-21H2,1-2H3,(H,38,39)/t23-,26+,28-,32+,35?/m1/s1. The minimum atomic E-state index is -0.939. The van der Waals surface area contributed by atoms with Gasteiger partial charge in [0.15, 0.2) is 0 Å². The van der Waals surface area contributed by atoms with Gasteiger partial charge in [-0.1, -0.05) is 23.7 Å². The van der Waals surface area contributed by atoms with E-state index in [1.54, 1.807) is 19.2 Å². The maximum atomic E-state index is 12.3. The highest BCUT2D eigenvalue weighted by Crippen LogP contribution is 2.48. The third kappa shape index (κ3) is 5.91. The number of halogens is 1. The molecule has 1 aliphatic heterocycles. The molecule has 0 radical (unpaired) electrons. The highest BCUT2D eigenvalue weighted by molar-refractivity contribution is 6.30. The van der Waals surface area contributed by atoms with Gasteiger partial charge in [0.2, 0.25) is 0 Å². The monoisotopic (exact) mass is 607 g/mol. The number of carbonyl (C=O) groups excluding carboxylic acids is 1. The Morgan fingerprint density at radius 1 is 1.16 bits per heavy atom. The summed E-state index contributed by atoms with van der Waals surface area (Å²) in [6, 6.07) is 11.5. The van der Waals surface area contributed by atoms with Gasteiger partial charge >= 0.3 is 11.9 Å². The molecule has 1 spiro atoms. The fourth-order valence-corrected chi connectivity index (χ4v) is 8.13. The van der Waals surface area contributed by atoms with Crippen LogP contribution in [0.3, 0.4) is 0 Å². The van der Waals surface area contributed by atoms with E-state index in [1.807, 2.05) is 19.1 Å². The van der Waals surface area contributed by atoms with Gasteiger partial charge in [-0.25, -0.2) is 4.79 Å². The zero-order valence-electron chi connectivity index (χ0n) is 25.1. The van der Waals surface area contributed by atoms with Crippen molar-refractivity contribution in [1.82, 2.24) is 0 Å². The molecule has 1 saturated carbocycles. The Bertz CT molecular complexity index is 1410. The van der Waals surface area contributed by atoms with Crippen LogP contribution in [0.2, 0.25) is 5.02 Å². The molecule has 3 aliphatic carbocycles. The van der Waals surface area contributed by atoms with E-state index in [-0.39, 0.29) is 29.0 Å². The first kappa shape index (κ1) is 30.0. The average molecular weight is 608 g/mol. The number of anilines is 1. The summed E-state index contributed by atoms with van der Waals surface area (Å²) in [7, 11) is 1.80. The number of esters is 1. The summed E-state index contributed by atoms with van der Waals surface area (Å²) in [4.78, 5) is 26.7. The predicted octanol–water partition coefficient (Wildman–Crippen LogP) is 6.84. The molecule has 0 saturated heterocycles. The van der Waals surface area contributed by atoms with Crippen molar-refractivity contribution in [3.63, 3.8) is 0 Å². The third-order valence-electron chi connectivity index (χ3n) is 10.3. The van der Waals surface area contributed by atoms with E-state index in [0.717, 1.165) is 74.5 Å². The molecule has 6 rings (SSSR count). The minimum Gasteiger partial charge on any atom is -0.490 e. The normalized spacial score (nSPS) is 27.1. The number of hydrogen-bond donors (Lipinski definition) is 1. The van der Waals surface area contributed by atoms with Crippen LogP contribution < -0.4 is 9.64 Å². The number of carboxylic acid groups (broad SMARTS) is 1. The first-order chi connectivity index (χ1) is 20.8. The Hall–Kier alpha value is -3.03. The smallest absolute Gasteiger partial charge is 0.335 e. The Kier molecular flexibility index (Phi) is 8.74. The summed E-state index contributed by atoms with van der Waals surface area (Å²) in [5.41, 5.74) is 4.78. The lowest BCUT2D eigenvalue weighted by atomic mass is 9.66. The molecule has 2 aromatic rings. The second-order valence-electron chi connectivity index (χ2n) is 12.8. The summed E-state index contributed by atoms with van der Waals surface area (Å²) >= 11 is 6.40. The number of fused-ring (bicyclic) bond motifs is 3. The van der Waals surface area contributed by atoms with Gasteiger partial charge in [0.1, 0.15) is 5.75 Å². The number of aryl methyl sites for hydroxylation is 1. The summed E-state index contributed by atoms with van der Waals surface area (Å²) in [6.45, 7) is 4.35. The molecule has 5 atom stereocenters. The van der Waals surface area contributed by atoms with E-state index in [1.165, 1.54) is 16.7 Å². The van der Waals surface area contributed by atoms with E-state index in [0.29, 0.717) is 31.5 Å². The number of carboxylic acids is 1. The van der Waals surface area contributed by atoms with Crippen LogP contribution in [0.15, 0.2) is 48.0 Å². The van der Waals surface area contributed by atoms with Crippen LogP contribution >= 0.6 is 11.6 Å². The van der Waals surface area contributed by atoms with Crippen LogP contribution in [0.1, 0.15) is 73.4 Å². The van der Waals surface area contributed by atoms with Crippen molar-refractivity contribution in [1.29, 1.82) is 0 Å². The summed E-state index contributed by atoms with van der Waals surface area (Å²) in [5.74, 6) is 0.377. The lowest BCUT2D eigenvalue weighted by Crippen LogP contribution is -2.50. The maximum Gasteiger partial charge on any atom is 0.335 e. The van der Waals surface area contributed by atoms with Crippen molar-refractivity contribution < 1.29 is 28.9 Å². The van der Waals surface area contributed by atoms with E-state index in [9.17, 15) is 14.7 Å². The van der Waals surface area contributed by atoms with Crippen molar-refractivity contribution in [2.75, 3.05) is 38.3 Å². The molecule has 1 unspecified atom stereocenters. The Morgan fingerprint density at radius 2 is 2.02 bits per heavy atom. The second kappa shape index (κ2) is 12.5. The number of benzene rings is 2. The summed E-state index contributed by atoms with van der Waals surface area (Å²) in [5, 5.41) is 10.6. The lowest BCUT2D eigenvalue weighted by Gasteiger charge is -2.47. The van der Waals surface area contributed by atoms with E-state index >= 15 is 0 Å². The molecular formula is C35H42ClNO6. The van der Waals surface area contributed by atoms with Gasteiger partial charge in [0.25, 0.3) is 0 Å². The first-order valence-electron chi connectivity index (χ1n) is 15.7. The molecule has 0 amide bonds. The molecule has 8 heteroatoms. The van der Waals surface area contributed by atoms with Gasteiger partial charge in [-0.2, -0.15) is 0 Å². The molecule has 0 aromatic heterocycles. The number of nitrogens with zero attached hydrogens (tertiary/aromatic N) is 1. The molecule has 1 heterocycles. The van der Waals surface area contributed by atoms with E-state index < -0.39 is 5.97 Å². The zero-order chi connectivity index (χ0) is 30.1. The van der Waals surface area contributed by atoms with Crippen molar-refractivity contribution in [3.8, 4) is 5.75 Å². The lowest BCUT2D eigenvalue weighted by molar-refractivity contribution is -0.148. The molecule has 0 bridgehead atoms. The van der Waals surface area contributed by atoms with Gasteiger partial charge in [0, 0.05) is 30.6 Å². The molecule has 43 heavy (non-hydrogen) atoms. The topological polar surface area (TPSA) is 85.3 Å². The molecule has 7 nitrogen and oxygen atoms in total. The van der Waals surface area contributed by atoms with Gasteiger partial charge in [0.05, 0.1) is 36.5 Å². The number of hydrogen-bond acceptors (Lipinski definition) is 6. The number of rotatable bonds is 8. The van der Waals surface area contributed by atoms with Crippen molar-refractivity contribution in [3.05, 3.63) is 69.8 Å². The molecular weight excluding hydrogens is 566 g/mol. The second-order valence-corrected chi connectivity index (χ2v) is 13.2.